The van der Waals surface area contributed by atoms with Crippen molar-refractivity contribution in [2.75, 3.05) is 27.8 Å². The highest BCUT2D eigenvalue weighted by Gasteiger charge is 2.43. The third kappa shape index (κ3) is 12.6. The van der Waals surface area contributed by atoms with Crippen molar-refractivity contribution in [3.05, 3.63) is 35.9 Å². The van der Waals surface area contributed by atoms with Gasteiger partial charge < -0.3 is 34.6 Å². The van der Waals surface area contributed by atoms with Gasteiger partial charge in [-0.05, 0) is 64.4 Å². The number of methoxy groups -OCH3 is 2. The molecular weight excluding hydrogens is 652 g/mol. The fourth-order valence-corrected chi connectivity index (χ4v) is 6.92. The normalized spacial score (nSPS) is 18.9. The molecular formula is C39H64N4O8. The topological polar surface area (TPSA) is 144 Å². The number of alkyl carbamates (subject to hydrolysis) is 1. The zero-order chi connectivity index (χ0) is 38.6. The van der Waals surface area contributed by atoms with Gasteiger partial charge in [-0.2, -0.15) is 0 Å². The summed E-state index contributed by atoms with van der Waals surface area (Å²) in [6.45, 7) is 16.8. The van der Waals surface area contributed by atoms with Gasteiger partial charge >= 0.3 is 6.09 Å². The van der Waals surface area contributed by atoms with Gasteiger partial charge in [-0.25, -0.2) is 4.79 Å². The van der Waals surface area contributed by atoms with Crippen LogP contribution in [-0.4, -0.2) is 109 Å². The number of ether oxygens (including phenoxy) is 3. The molecule has 1 aliphatic rings. The van der Waals surface area contributed by atoms with Crippen molar-refractivity contribution in [2.24, 2.45) is 17.8 Å². The number of likely N-dealkylation sites (tertiary alicyclic amines) is 1. The average Bonchev–Trinajstić information content (AvgIpc) is 3.55. The van der Waals surface area contributed by atoms with Crippen LogP contribution in [-0.2, 0) is 39.8 Å². The first-order valence-corrected chi connectivity index (χ1v) is 18.3. The number of nitrogens with zero attached hydrogens (tertiary/aromatic N) is 2. The molecule has 0 unspecified atom stereocenters. The van der Waals surface area contributed by atoms with Crippen molar-refractivity contribution in [3.8, 4) is 0 Å². The van der Waals surface area contributed by atoms with Crippen LogP contribution in [0, 0.1) is 17.8 Å². The van der Waals surface area contributed by atoms with E-state index in [4.69, 9.17) is 14.2 Å². The maximum Gasteiger partial charge on any atom is 0.408 e. The molecule has 1 aliphatic heterocycles. The minimum absolute atomic E-state index is 0.00592. The van der Waals surface area contributed by atoms with Crippen LogP contribution in [0.2, 0.25) is 0 Å². The zero-order valence-corrected chi connectivity index (χ0v) is 33.0. The second-order valence-electron chi connectivity index (χ2n) is 15.3. The molecule has 2 rings (SSSR count). The van der Waals surface area contributed by atoms with Crippen LogP contribution in [0.15, 0.2) is 30.3 Å². The summed E-state index contributed by atoms with van der Waals surface area (Å²) in [5.41, 5.74) is 0.216. The number of carbonyl (C=O) groups excluding carboxylic acids is 5. The number of ketones is 1. The Labute approximate surface area is 305 Å². The van der Waals surface area contributed by atoms with Gasteiger partial charge in [0, 0.05) is 27.8 Å². The molecule has 1 aromatic rings. The van der Waals surface area contributed by atoms with E-state index >= 15 is 0 Å². The Balaban J connectivity index is 2.25. The number of carbonyl (C=O) groups is 5. The molecule has 0 bridgehead atoms. The quantitative estimate of drug-likeness (QED) is 0.221. The van der Waals surface area contributed by atoms with Crippen molar-refractivity contribution < 1.29 is 38.2 Å². The highest BCUT2D eigenvalue weighted by Crippen LogP contribution is 2.30. The first kappa shape index (κ1) is 43.7. The van der Waals surface area contributed by atoms with Crippen LogP contribution in [0.1, 0.15) is 93.6 Å². The first-order chi connectivity index (χ1) is 23.9. The van der Waals surface area contributed by atoms with E-state index in [1.54, 1.807) is 44.5 Å². The van der Waals surface area contributed by atoms with Crippen LogP contribution in [0.4, 0.5) is 4.79 Å². The van der Waals surface area contributed by atoms with E-state index in [1.807, 2.05) is 58.0 Å². The smallest absolute Gasteiger partial charge is 0.408 e. The lowest BCUT2D eigenvalue weighted by Crippen LogP contribution is -2.58. The average molecular weight is 717 g/mol. The lowest BCUT2D eigenvalue weighted by Gasteiger charge is -2.40. The molecule has 1 heterocycles. The van der Waals surface area contributed by atoms with E-state index in [-0.39, 0.29) is 47.8 Å². The zero-order valence-electron chi connectivity index (χ0n) is 33.0. The molecule has 0 radical (unpaired) electrons. The van der Waals surface area contributed by atoms with Crippen LogP contribution >= 0.6 is 0 Å². The standard InChI is InChI=1S/C39H64N4O8/c1-13-25(4)34(42(10)37(47)33(24(2)3)41-38(48)51-39(7,8)9)31(49-11)23-32(45)43-21-17-20-30(43)35(50-12)26(5)36(46)40-29(27(6)44)22-28-18-15-14-16-19-28/h14-16,18-19,24-26,29-31,33-35H,13,17,20-23H2,1-12H3,(H,40,46)(H,41,48)/t25-,26+,29-,30-,31+,33-,34-,35+/m0/s1. The summed E-state index contributed by atoms with van der Waals surface area (Å²) in [6, 6.07) is 7.15. The molecule has 4 amide bonds. The van der Waals surface area contributed by atoms with Gasteiger partial charge in [0.15, 0.2) is 5.78 Å². The van der Waals surface area contributed by atoms with E-state index in [9.17, 15) is 24.0 Å². The highest BCUT2D eigenvalue weighted by atomic mass is 16.6. The van der Waals surface area contributed by atoms with Gasteiger partial charge in [0.2, 0.25) is 17.7 Å². The Hall–Kier alpha value is -3.51. The van der Waals surface area contributed by atoms with Gasteiger partial charge in [0.05, 0.1) is 42.7 Å². The fourth-order valence-electron chi connectivity index (χ4n) is 6.92. The van der Waals surface area contributed by atoms with Crippen LogP contribution in [0.3, 0.4) is 0 Å². The molecule has 51 heavy (non-hydrogen) atoms. The lowest BCUT2D eigenvalue weighted by atomic mass is 9.89. The maximum absolute atomic E-state index is 14.1. The summed E-state index contributed by atoms with van der Waals surface area (Å²) in [4.78, 5) is 70.2. The minimum Gasteiger partial charge on any atom is -0.444 e. The number of hydrogen-bond acceptors (Lipinski definition) is 8. The van der Waals surface area contributed by atoms with E-state index in [0.717, 1.165) is 18.4 Å². The molecule has 0 aliphatic carbocycles. The van der Waals surface area contributed by atoms with Crippen molar-refractivity contribution >= 4 is 29.6 Å². The number of nitrogens with one attached hydrogen (secondary N) is 2. The Morgan fingerprint density at radius 2 is 1.61 bits per heavy atom. The lowest BCUT2D eigenvalue weighted by molar-refractivity contribution is -0.147. The number of hydrogen-bond donors (Lipinski definition) is 2. The second kappa shape index (κ2) is 19.9. The number of rotatable bonds is 18. The third-order valence-electron chi connectivity index (χ3n) is 9.95. The van der Waals surface area contributed by atoms with Gasteiger partial charge in [0.25, 0.3) is 0 Å². The van der Waals surface area contributed by atoms with Crippen molar-refractivity contribution in [3.63, 3.8) is 0 Å². The summed E-state index contributed by atoms with van der Waals surface area (Å²) in [6.07, 6.45) is 0.567. The second-order valence-corrected chi connectivity index (χ2v) is 15.3. The number of likely N-dealkylation sites (N-methyl/N-ethyl adjacent to an activating group) is 1. The Morgan fingerprint density at radius 3 is 2.12 bits per heavy atom. The number of benzene rings is 1. The molecule has 1 saturated heterocycles. The largest absolute Gasteiger partial charge is 0.444 e. The monoisotopic (exact) mass is 716 g/mol. The first-order valence-electron chi connectivity index (χ1n) is 18.3. The van der Waals surface area contributed by atoms with Gasteiger partial charge in [-0.3, -0.25) is 19.2 Å². The molecule has 2 N–H and O–H groups in total. The molecule has 0 aromatic heterocycles. The summed E-state index contributed by atoms with van der Waals surface area (Å²) in [5, 5.41) is 5.67. The molecule has 1 fully saturated rings. The summed E-state index contributed by atoms with van der Waals surface area (Å²) >= 11 is 0. The summed E-state index contributed by atoms with van der Waals surface area (Å²) in [5.74, 6) is -1.84. The molecule has 288 valence electrons. The number of Topliss-reactive ketones (excluding diaryl/α,β-unsaturated/α-hetero) is 1. The highest BCUT2D eigenvalue weighted by molar-refractivity contribution is 5.89. The van der Waals surface area contributed by atoms with Gasteiger partial charge in [-0.15, -0.1) is 0 Å². The van der Waals surface area contributed by atoms with Crippen LogP contribution in [0.5, 0.6) is 0 Å². The molecule has 0 saturated carbocycles. The van der Waals surface area contributed by atoms with E-state index in [1.165, 1.54) is 21.1 Å². The predicted molar refractivity (Wildman–Crippen MR) is 197 cm³/mol. The third-order valence-corrected chi connectivity index (χ3v) is 9.95. The Kier molecular flexibility index (Phi) is 17.1. The van der Waals surface area contributed by atoms with E-state index < -0.39 is 47.9 Å². The van der Waals surface area contributed by atoms with Crippen LogP contribution in [0.25, 0.3) is 0 Å². The Morgan fingerprint density at radius 1 is 0.980 bits per heavy atom. The molecule has 12 heteroatoms. The molecule has 12 nitrogen and oxygen atoms in total. The number of amides is 4. The van der Waals surface area contributed by atoms with Crippen LogP contribution < -0.4 is 10.6 Å². The summed E-state index contributed by atoms with van der Waals surface area (Å²) < 4.78 is 17.3. The van der Waals surface area contributed by atoms with Gasteiger partial charge in [0.1, 0.15) is 11.6 Å². The van der Waals surface area contributed by atoms with Crippen molar-refractivity contribution in [1.82, 2.24) is 20.4 Å². The SMILES string of the molecule is CC[C@H](C)[C@@H]([C@@H](CC(=O)N1CCC[C@H]1[C@H](OC)[C@@H](C)C(=O)N[C@@H](Cc1ccccc1)C(C)=O)OC)N(C)C(=O)[C@@H](NC(=O)OC(C)(C)C)C(C)C. The van der Waals surface area contributed by atoms with Gasteiger partial charge in [-0.1, -0.05) is 71.4 Å². The minimum atomic E-state index is -0.849. The molecule has 8 atom stereocenters. The fraction of sp³-hybridized carbons (Fsp3) is 0.718. The molecule has 1 aromatic carbocycles. The van der Waals surface area contributed by atoms with Crippen molar-refractivity contribution in [1.29, 1.82) is 0 Å². The Bertz CT molecular complexity index is 1300. The maximum atomic E-state index is 14.1. The van der Waals surface area contributed by atoms with Crippen molar-refractivity contribution in [2.45, 2.75) is 136 Å². The predicted octanol–water partition coefficient (Wildman–Crippen LogP) is 4.77. The van der Waals surface area contributed by atoms with E-state index in [2.05, 4.69) is 10.6 Å². The molecule has 0 spiro atoms. The summed E-state index contributed by atoms with van der Waals surface area (Å²) in [7, 11) is 4.76. The van der Waals surface area contributed by atoms with E-state index in [0.29, 0.717) is 19.4 Å².